The van der Waals surface area contributed by atoms with Crippen molar-refractivity contribution < 1.29 is 4.74 Å². The molecule has 1 rings (SSSR count). The van der Waals surface area contributed by atoms with E-state index in [1.807, 2.05) is 0 Å². The predicted octanol–water partition coefficient (Wildman–Crippen LogP) is 1.73. The van der Waals surface area contributed by atoms with E-state index in [2.05, 4.69) is 31.2 Å². The zero-order valence-electron chi connectivity index (χ0n) is 11.3. The third-order valence-electron chi connectivity index (χ3n) is 3.41. The molecule has 96 valence electrons. The van der Waals surface area contributed by atoms with Gasteiger partial charge in [-0.1, -0.05) is 0 Å². The van der Waals surface area contributed by atoms with Gasteiger partial charge in [0.15, 0.2) is 0 Å². The number of nitrogens with one attached hydrogen (secondary N) is 1. The number of ether oxygens (including phenoxy) is 1. The SMILES string of the molecule is COCC(C)NC1CCC(CN(C)C)CC1. The van der Waals surface area contributed by atoms with Gasteiger partial charge in [0.05, 0.1) is 6.61 Å². The van der Waals surface area contributed by atoms with Crippen LogP contribution < -0.4 is 5.32 Å². The summed E-state index contributed by atoms with van der Waals surface area (Å²) < 4.78 is 5.15. The van der Waals surface area contributed by atoms with E-state index in [1.165, 1.54) is 32.2 Å². The Hall–Kier alpha value is -0.120. The Morgan fingerprint density at radius 3 is 2.38 bits per heavy atom. The molecular weight excluding hydrogens is 200 g/mol. The molecule has 0 aromatic rings. The Labute approximate surface area is 101 Å². The van der Waals surface area contributed by atoms with E-state index in [4.69, 9.17) is 4.74 Å². The third-order valence-corrected chi connectivity index (χ3v) is 3.41. The van der Waals surface area contributed by atoms with E-state index in [1.54, 1.807) is 7.11 Å². The number of hydrogen-bond donors (Lipinski definition) is 1. The van der Waals surface area contributed by atoms with Crippen LogP contribution in [0.5, 0.6) is 0 Å². The van der Waals surface area contributed by atoms with Gasteiger partial charge >= 0.3 is 0 Å². The highest BCUT2D eigenvalue weighted by atomic mass is 16.5. The summed E-state index contributed by atoms with van der Waals surface area (Å²) in [5.41, 5.74) is 0. The second kappa shape index (κ2) is 7.25. The molecule has 1 saturated carbocycles. The summed E-state index contributed by atoms with van der Waals surface area (Å²) in [4.78, 5) is 2.31. The van der Waals surface area contributed by atoms with Gasteiger partial charge in [-0.25, -0.2) is 0 Å². The predicted molar refractivity (Wildman–Crippen MR) is 68.8 cm³/mol. The lowest BCUT2D eigenvalue weighted by molar-refractivity contribution is 0.155. The molecule has 0 spiro atoms. The molecule has 0 bridgehead atoms. The van der Waals surface area contributed by atoms with Crippen molar-refractivity contribution in [3.8, 4) is 0 Å². The van der Waals surface area contributed by atoms with Crippen molar-refractivity contribution in [2.75, 3.05) is 34.4 Å². The molecule has 0 aromatic carbocycles. The van der Waals surface area contributed by atoms with Crippen LogP contribution in [0.15, 0.2) is 0 Å². The lowest BCUT2D eigenvalue weighted by atomic mass is 9.85. The van der Waals surface area contributed by atoms with E-state index in [0.717, 1.165) is 12.5 Å². The second-order valence-electron chi connectivity index (χ2n) is 5.50. The minimum absolute atomic E-state index is 0.486. The first-order valence-electron chi connectivity index (χ1n) is 6.51. The van der Waals surface area contributed by atoms with Gasteiger partial charge in [-0.2, -0.15) is 0 Å². The maximum absolute atomic E-state index is 5.15. The second-order valence-corrected chi connectivity index (χ2v) is 5.50. The van der Waals surface area contributed by atoms with Crippen LogP contribution in [-0.4, -0.2) is 51.3 Å². The molecule has 1 unspecified atom stereocenters. The molecule has 0 radical (unpaired) electrons. The molecular formula is C13H28N2O. The van der Waals surface area contributed by atoms with E-state index < -0.39 is 0 Å². The van der Waals surface area contributed by atoms with E-state index >= 15 is 0 Å². The van der Waals surface area contributed by atoms with Crippen molar-refractivity contribution in [1.82, 2.24) is 10.2 Å². The number of rotatable bonds is 6. The Morgan fingerprint density at radius 1 is 1.25 bits per heavy atom. The van der Waals surface area contributed by atoms with Crippen LogP contribution in [0.4, 0.5) is 0 Å². The quantitative estimate of drug-likeness (QED) is 0.749. The fourth-order valence-electron chi connectivity index (χ4n) is 2.73. The fraction of sp³-hybridized carbons (Fsp3) is 1.00. The van der Waals surface area contributed by atoms with Crippen LogP contribution in [0, 0.1) is 5.92 Å². The van der Waals surface area contributed by atoms with Crippen molar-refractivity contribution in [3.05, 3.63) is 0 Å². The highest BCUT2D eigenvalue weighted by Crippen LogP contribution is 2.24. The summed E-state index contributed by atoms with van der Waals surface area (Å²) in [6.45, 7) is 4.27. The van der Waals surface area contributed by atoms with Gasteiger partial charge < -0.3 is 15.0 Å². The smallest absolute Gasteiger partial charge is 0.0613 e. The summed E-state index contributed by atoms with van der Waals surface area (Å²) in [7, 11) is 6.11. The molecule has 0 saturated heterocycles. The van der Waals surface area contributed by atoms with E-state index in [9.17, 15) is 0 Å². The van der Waals surface area contributed by atoms with Crippen molar-refractivity contribution in [2.24, 2.45) is 5.92 Å². The van der Waals surface area contributed by atoms with Gasteiger partial charge in [0.2, 0.25) is 0 Å². The molecule has 0 heterocycles. The Morgan fingerprint density at radius 2 is 1.88 bits per heavy atom. The van der Waals surface area contributed by atoms with Crippen LogP contribution in [0.25, 0.3) is 0 Å². The number of nitrogens with zero attached hydrogens (tertiary/aromatic N) is 1. The van der Waals surface area contributed by atoms with Crippen molar-refractivity contribution in [2.45, 2.75) is 44.7 Å². The van der Waals surface area contributed by atoms with Gasteiger partial charge in [0.1, 0.15) is 0 Å². The zero-order chi connectivity index (χ0) is 12.0. The van der Waals surface area contributed by atoms with Crippen LogP contribution in [0.1, 0.15) is 32.6 Å². The maximum Gasteiger partial charge on any atom is 0.0613 e. The third kappa shape index (κ3) is 5.28. The van der Waals surface area contributed by atoms with Crippen molar-refractivity contribution in [3.63, 3.8) is 0 Å². The largest absolute Gasteiger partial charge is 0.383 e. The molecule has 1 aliphatic rings. The number of methoxy groups -OCH3 is 1. The Kier molecular flexibility index (Phi) is 6.32. The summed E-state index contributed by atoms with van der Waals surface area (Å²) in [6, 6.07) is 1.20. The average molecular weight is 228 g/mol. The minimum atomic E-state index is 0.486. The van der Waals surface area contributed by atoms with Crippen LogP contribution in [-0.2, 0) is 4.74 Å². The first-order chi connectivity index (χ1) is 7.61. The van der Waals surface area contributed by atoms with E-state index in [0.29, 0.717) is 12.1 Å². The summed E-state index contributed by atoms with van der Waals surface area (Å²) in [5, 5.41) is 3.65. The minimum Gasteiger partial charge on any atom is -0.383 e. The lowest BCUT2D eigenvalue weighted by Gasteiger charge is -2.32. The highest BCUT2D eigenvalue weighted by molar-refractivity contribution is 4.80. The fourth-order valence-corrected chi connectivity index (χ4v) is 2.73. The van der Waals surface area contributed by atoms with Gasteiger partial charge in [0.25, 0.3) is 0 Å². The summed E-state index contributed by atoms with van der Waals surface area (Å²) >= 11 is 0. The van der Waals surface area contributed by atoms with Gasteiger partial charge in [-0.05, 0) is 52.6 Å². The van der Waals surface area contributed by atoms with Crippen LogP contribution >= 0.6 is 0 Å². The van der Waals surface area contributed by atoms with Gasteiger partial charge in [-0.15, -0.1) is 0 Å². The molecule has 0 amide bonds. The molecule has 3 nitrogen and oxygen atoms in total. The molecule has 1 aliphatic carbocycles. The highest BCUT2D eigenvalue weighted by Gasteiger charge is 2.22. The first kappa shape index (κ1) is 13.9. The van der Waals surface area contributed by atoms with Gasteiger partial charge in [-0.3, -0.25) is 0 Å². The molecule has 1 fully saturated rings. The summed E-state index contributed by atoms with van der Waals surface area (Å²) in [5.74, 6) is 0.908. The topological polar surface area (TPSA) is 24.5 Å². The lowest BCUT2D eigenvalue weighted by Crippen LogP contribution is -2.42. The first-order valence-corrected chi connectivity index (χ1v) is 6.51. The maximum atomic E-state index is 5.15. The Balaban J connectivity index is 2.16. The molecule has 1 atom stereocenters. The molecule has 3 heteroatoms. The zero-order valence-corrected chi connectivity index (χ0v) is 11.3. The molecule has 1 N–H and O–H groups in total. The standard InChI is InChI=1S/C13H28N2O/c1-11(10-16-4)14-13-7-5-12(6-8-13)9-15(2)3/h11-14H,5-10H2,1-4H3. The summed E-state index contributed by atoms with van der Waals surface area (Å²) in [6.07, 6.45) is 5.39. The number of hydrogen-bond acceptors (Lipinski definition) is 3. The monoisotopic (exact) mass is 228 g/mol. The van der Waals surface area contributed by atoms with E-state index in [-0.39, 0.29) is 0 Å². The normalized spacial score (nSPS) is 28.3. The Bertz CT molecular complexity index is 177. The molecule has 16 heavy (non-hydrogen) atoms. The van der Waals surface area contributed by atoms with Crippen molar-refractivity contribution in [1.29, 1.82) is 0 Å². The van der Waals surface area contributed by atoms with Crippen LogP contribution in [0.3, 0.4) is 0 Å². The average Bonchev–Trinajstić information content (AvgIpc) is 2.20. The van der Waals surface area contributed by atoms with Gasteiger partial charge in [0, 0.05) is 25.7 Å². The van der Waals surface area contributed by atoms with Crippen molar-refractivity contribution >= 4 is 0 Å². The molecule has 0 aliphatic heterocycles. The molecule has 0 aromatic heterocycles. The van der Waals surface area contributed by atoms with Crippen LogP contribution in [0.2, 0.25) is 0 Å².